The molecule has 0 unspecified atom stereocenters. The van der Waals surface area contributed by atoms with Crippen molar-refractivity contribution in [3.8, 4) is 11.3 Å². The molecule has 1 aromatic carbocycles. The summed E-state index contributed by atoms with van der Waals surface area (Å²) in [6, 6.07) is 9.20. The van der Waals surface area contributed by atoms with Gasteiger partial charge in [0.2, 0.25) is 0 Å². The van der Waals surface area contributed by atoms with Crippen LogP contribution >= 0.6 is 22.6 Å². The molecule has 0 bridgehead atoms. The molecule has 0 aliphatic carbocycles. The summed E-state index contributed by atoms with van der Waals surface area (Å²) in [6.07, 6.45) is -4.38. The van der Waals surface area contributed by atoms with Crippen molar-refractivity contribution in [2.75, 3.05) is 12.3 Å². The Hall–Kier alpha value is -1.42. The van der Waals surface area contributed by atoms with Crippen LogP contribution in [0.5, 0.6) is 0 Å². The van der Waals surface area contributed by atoms with Gasteiger partial charge in [-0.15, -0.1) is 0 Å². The summed E-state index contributed by atoms with van der Waals surface area (Å²) in [7, 11) is 0. The number of rotatable bonds is 4. The SMILES string of the molecule is Nc1nc(COCC(F)(F)F)nc(-c2ccccc2)c1I. The first-order chi connectivity index (χ1) is 9.87. The van der Waals surface area contributed by atoms with Gasteiger partial charge in [0.15, 0.2) is 5.82 Å². The van der Waals surface area contributed by atoms with Gasteiger partial charge in [-0.1, -0.05) is 30.3 Å². The molecular formula is C13H11F3IN3O. The van der Waals surface area contributed by atoms with E-state index < -0.39 is 12.8 Å². The molecule has 2 rings (SSSR count). The standard InChI is InChI=1S/C13H11F3IN3O/c14-13(15,16)7-21-6-9-19-11(10(17)12(18)20-9)8-4-2-1-3-5-8/h1-5H,6-7H2,(H2,18,19,20). The third kappa shape index (κ3) is 4.53. The molecule has 0 saturated carbocycles. The molecule has 112 valence electrons. The quantitative estimate of drug-likeness (QED) is 0.787. The van der Waals surface area contributed by atoms with Crippen LogP contribution in [0.2, 0.25) is 0 Å². The molecule has 1 heterocycles. The number of nitrogen functional groups attached to an aromatic ring is 1. The Labute approximate surface area is 132 Å². The molecule has 0 spiro atoms. The molecule has 2 aromatic rings. The minimum absolute atomic E-state index is 0.121. The number of anilines is 1. The molecule has 8 heteroatoms. The zero-order chi connectivity index (χ0) is 15.5. The van der Waals surface area contributed by atoms with E-state index in [1.165, 1.54) is 0 Å². The summed E-state index contributed by atoms with van der Waals surface area (Å²) in [5.74, 6) is 0.339. The van der Waals surface area contributed by atoms with E-state index in [9.17, 15) is 13.2 Å². The van der Waals surface area contributed by atoms with Gasteiger partial charge < -0.3 is 10.5 Å². The summed E-state index contributed by atoms with van der Waals surface area (Å²) in [4.78, 5) is 8.18. The maximum Gasteiger partial charge on any atom is 0.411 e. The second kappa shape index (κ2) is 6.56. The van der Waals surface area contributed by atoms with E-state index in [4.69, 9.17) is 5.73 Å². The van der Waals surface area contributed by atoms with E-state index in [0.717, 1.165) is 5.56 Å². The lowest BCUT2D eigenvalue weighted by Crippen LogP contribution is -2.17. The van der Waals surface area contributed by atoms with Crippen molar-refractivity contribution in [3.05, 3.63) is 39.7 Å². The molecule has 0 radical (unpaired) electrons. The predicted octanol–water partition coefficient (Wildman–Crippen LogP) is 3.41. The second-order valence-electron chi connectivity index (χ2n) is 4.16. The Bertz CT molecular complexity index is 620. The fourth-order valence-electron chi connectivity index (χ4n) is 1.62. The van der Waals surface area contributed by atoms with Crippen molar-refractivity contribution >= 4 is 28.4 Å². The minimum Gasteiger partial charge on any atom is -0.383 e. The van der Waals surface area contributed by atoms with E-state index in [0.29, 0.717) is 9.26 Å². The van der Waals surface area contributed by atoms with Crippen LogP contribution in [0, 0.1) is 3.57 Å². The molecule has 2 N–H and O–H groups in total. The fourth-order valence-corrected chi connectivity index (χ4v) is 2.18. The lowest BCUT2D eigenvalue weighted by Gasteiger charge is -2.10. The second-order valence-corrected chi connectivity index (χ2v) is 5.24. The highest BCUT2D eigenvalue weighted by Gasteiger charge is 2.27. The molecule has 0 aliphatic heterocycles. The van der Waals surface area contributed by atoms with Gasteiger partial charge in [-0.3, -0.25) is 0 Å². The molecule has 0 saturated heterocycles. The highest BCUT2D eigenvalue weighted by Crippen LogP contribution is 2.26. The first-order valence-electron chi connectivity index (χ1n) is 5.88. The third-order valence-corrected chi connectivity index (χ3v) is 3.53. The van der Waals surface area contributed by atoms with E-state index in [1.807, 2.05) is 52.9 Å². The zero-order valence-electron chi connectivity index (χ0n) is 10.7. The maximum atomic E-state index is 12.1. The lowest BCUT2D eigenvalue weighted by molar-refractivity contribution is -0.177. The van der Waals surface area contributed by atoms with Crippen LogP contribution in [0.1, 0.15) is 5.82 Å². The number of alkyl halides is 3. The molecule has 0 amide bonds. The number of halogens is 4. The van der Waals surface area contributed by atoms with E-state index in [1.54, 1.807) is 0 Å². The zero-order valence-corrected chi connectivity index (χ0v) is 12.9. The van der Waals surface area contributed by atoms with Gasteiger partial charge in [-0.05, 0) is 22.6 Å². The van der Waals surface area contributed by atoms with Crippen molar-refractivity contribution < 1.29 is 17.9 Å². The Morgan fingerprint density at radius 1 is 1.14 bits per heavy atom. The average Bonchev–Trinajstić information content (AvgIpc) is 2.42. The van der Waals surface area contributed by atoms with Crippen LogP contribution in [0.15, 0.2) is 30.3 Å². The van der Waals surface area contributed by atoms with Gasteiger partial charge in [0, 0.05) is 5.56 Å². The largest absolute Gasteiger partial charge is 0.411 e. The first kappa shape index (κ1) is 16.0. The molecule has 21 heavy (non-hydrogen) atoms. The Morgan fingerprint density at radius 2 is 1.81 bits per heavy atom. The number of aromatic nitrogens is 2. The van der Waals surface area contributed by atoms with Gasteiger partial charge >= 0.3 is 6.18 Å². The van der Waals surface area contributed by atoms with Gasteiger partial charge in [-0.25, -0.2) is 9.97 Å². The number of hydrogen-bond donors (Lipinski definition) is 1. The summed E-state index contributed by atoms with van der Waals surface area (Å²) in [5, 5.41) is 0. The van der Waals surface area contributed by atoms with Crippen molar-refractivity contribution in [2.45, 2.75) is 12.8 Å². The first-order valence-corrected chi connectivity index (χ1v) is 6.96. The van der Waals surface area contributed by atoms with Crippen LogP contribution in [-0.4, -0.2) is 22.8 Å². The summed E-state index contributed by atoms with van der Waals surface area (Å²) >= 11 is 2.00. The summed E-state index contributed by atoms with van der Waals surface area (Å²) in [6.45, 7) is -1.69. The number of nitrogens with two attached hydrogens (primary N) is 1. The van der Waals surface area contributed by atoms with Crippen LogP contribution in [0.25, 0.3) is 11.3 Å². The van der Waals surface area contributed by atoms with Gasteiger partial charge in [-0.2, -0.15) is 13.2 Å². The van der Waals surface area contributed by atoms with Crippen LogP contribution in [0.4, 0.5) is 19.0 Å². The lowest BCUT2D eigenvalue weighted by atomic mass is 10.1. The number of nitrogens with zero attached hydrogens (tertiary/aromatic N) is 2. The number of hydrogen-bond acceptors (Lipinski definition) is 4. The molecule has 0 fully saturated rings. The number of benzene rings is 1. The molecule has 0 atom stereocenters. The van der Waals surface area contributed by atoms with E-state index >= 15 is 0 Å². The highest BCUT2D eigenvalue weighted by atomic mass is 127. The molecule has 1 aromatic heterocycles. The summed E-state index contributed by atoms with van der Waals surface area (Å²) < 4.78 is 41.4. The Kier molecular flexibility index (Phi) is 4.99. The van der Waals surface area contributed by atoms with Gasteiger partial charge in [0.25, 0.3) is 0 Å². The summed E-state index contributed by atoms with van der Waals surface area (Å²) in [5.41, 5.74) is 7.17. The molecule has 0 aliphatic rings. The monoisotopic (exact) mass is 409 g/mol. The highest BCUT2D eigenvalue weighted by molar-refractivity contribution is 14.1. The Balaban J connectivity index is 2.23. The van der Waals surface area contributed by atoms with Crippen LogP contribution < -0.4 is 5.73 Å². The molecular weight excluding hydrogens is 398 g/mol. The minimum atomic E-state index is -4.38. The smallest absolute Gasteiger partial charge is 0.383 e. The van der Waals surface area contributed by atoms with Crippen LogP contribution in [0.3, 0.4) is 0 Å². The van der Waals surface area contributed by atoms with Gasteiger partial charge in [0.05, 0.1) is 9.26 Å². The van der Waals surface area contributed by atoms with Crippen molar-refractivity contribution in [3.63, 3.8) is 0 Å². The normalized spacial score (nSPS) is 11.6. The predicted molar refractivity (Wildman–Crippen MR) is 80.3 cm³/mol. The van der Waals surface area contributed by atoms with Crippen molar-refractivity contribution in [2.24, 2.45) is 0 Å². The van der Waals surface area contributed by atoms with Gasteiger partial charge in [0.1, 0.15) is 19.0 Å². The van der Waals surface area contributed by atoms with E-state index in [-0.39, 0.29) is 18.2 Å². The van der Waals surface area contributed by atoms with Crippen LogP contribution in [-0.2, 0) is 11.3 Å². The average molecular weight is 409 g/mol. The number of ether oxygens (including phenoxy) is 1. The van der Waals surface area contributed by atoms with E-state index in [2.05, 4.69) is 14.7 Å². The maximum absolute atomic E-state index is 12.1. The van der Waals surface area contributed by atoms with Crippen molar-refractivity contribution in [1.82, 2.24) is 9.97 Å². The van der Waals surface area contributed by atoms with Crippen molar-refractivity contribution in [1.29, 1.82) is 0 Å². The Morgan fingerprint density at radius 3 is 2.43 bits per heavy atom. The topological polar surface area (TPSA) is 61.0 Å². The fraction of sp³-hybridized carbons (Fsp3) is 0.231. The third-order valence-electron chi connectivity index (χ3n) is 2.47. The molecule has 4 nitrogen and oxygen atoms in total.